The molecule has 1 nitrogen and oxygen atoms in total. The molecular formula is C46H27N. The molecule has 47 heavy (non-hydrogen) atoms. The number of fused-ring (bicyclic) bond motifs is 15. The molecule has 2 heterocycles. The Kier molecular flexibility index (Phi) is 4.80. The number of para-hydroxylation sites is 2. The molecule has 216 valence electrons. The van der Waals surface area contributed by atoms with E-state index in [4.69, 9.17) is 0 Å². The summed E-state index contributed by atoms with van der Waals surface area (Å²) in [6.07, 6.45) is 6.64. The Bertz CT molecular complexity index is 2730. The van der Waals surface area contributed by atoms with Crippen LogP contribution in [0.3, 0.4) is 0 Å². The number of allylic oxidation sites excluding steroid dienone is 2. The summed E-state index contributed by atoms with van der Waals surface area (Å²) in [7, 11) is 0. The first-order chi connectivity index (χ1) is 23.3. The highest BCUT2D eigenvalue weighted by Gasteiger charge is 2.50. The molecule has 0 atom stereocenters. The van der Waals surface area contributed by atoms with E-state index in [1.54, 1.807) is 0 Å². The van der Waals surface area contributed by atoms with E-state index in [0.717, 1.165) is 5.57 Å². The Morgan fingerprint density at radius 2 is 1.21 bits per heavy atom. The Morgan fingerprint density at radius 1 is 0.511 bits per heavy atom. The zero-order valence-electron chi connectivity index (χ0n) is 25.5. The van der Waals surface area contributed by atoms with Gasteiger partial charge in [-0.25, -0.2) is 0 Å². The molecule has 0 amide bonds. The van der Waals surface area contributed by atoms with Gasteiger partial charge in [-0.1, -0.05) is 133 Å². The number of benzene rings is 7. The van der Waals surface area contributed by atoms with Crippen LogP contribution in [0.25, 0.3) is 67.1 Å². The standard InChI is InChI=1S/C46H27N/c1-2-11-33-30(10-1)22-23-31-21-20-29(24-26-34(31)33)32-25-27-43-38(28-32)37-14-9-18-42-45(37)47(43)44-19-8-7-17-41(44)46(42)39-15-5-3-12-35(39)36-13-4-6-16-40(36)46/h1-19,21-28H. The van der Waals surface area contributed by atoms with Gasteiger partial charge in [-0.3, -0.25) is 0 Å². The van der Waals surface area contributed by atoms with Crippen LogP contribution in [0.1, 0.15) is 38.9 Å². The van der Waals surface area contributed by atoms with E-state index in [-0.39, 0.29) is 5.41 Å². The third-order valence-corrected chi connectivity index (χ3v) is 10.8. The SMILES string of the molecule is C1=Cc2ccc3ccccc3c2C=CC=1c1ccc2c(c1)c1cccc3c1n2-c1ccccc1C31c2ccccc2-c2ccccc21. The molecule has 0 N–H and O–H groups in total. The molecule has 7 aromatic carbocycles. The average molecular weight is 594 g/mol. The van der Waals surface area contributed by atoms with E-state index >= 15 is 0 Å². The molecule has 1 heteroatoms. The molecule has 3 aliphatic rings. The molecule has 0 saturated carbocycles. The molecule has 1 spiro atoms. The van der Waals surface area contributed by atoms with E-state index in [1.807, 2.05) is 0 Å². The maximum Gasteiger partial charge on any atom is 0.0754 e. The second-order valence-corrected chi connectivity index (χ2v) is 13.0. The number of hydrogen-bond donors (Lipinski definition) is 0. The van der Waals surface area contributed by atoms with Crippen LogP contribution in [0.5, 0.6) is 0 Å². The number of hydrogen-bond acceptors (Lipinski definition) is 0. The summed E-state index contributed by atoms with van der Waals surface area (Å²) < 4.78 is 2.52. The van der Waals surface area contributed by atoms with Gasteiger partial charge in [-0.05, 0) is 91.2 Å². The Balaban J connectivity index is 1.19. The molecule has 0 radical (unpaired) electrons. The van der Waals surface area contributed by atoms with Crippen molar-refractivity contribution in [3.63, 3.8) is 0 Å². The molecule has 1 aliphatic heterocycles. The summed E-state index contributed by atoms with van der Waals surface area (Å²) in [5.41, 5.74) is 19.8. The van der Waals surface area contributed by atoms with Gasteiger partial charge in [0.05, 0.1) is 22.1 Å². The van der Waals surface area contributed by atoms with Crippen LogP contribution < -0.4 is 0 Å². The highest BCUT2D eigenvalue weighted by atomic mass is 15.0. The summed E-state index contributed by atoms with van der Waals surface area (Å²) in [4.78, 5) is 0. The van der Waals surface area contributed by atoms with Gasteiger partial charge in [-0.2, -0.15) is 0 Å². The van der Waals surface area contributed by atoms with Crippen molar-refractivity contribution in [3.05, 3.63) is 196 Å². The van der Waals surface area contributed by atoms with Gasteiger partial charge in [-0.15, -0.1) is 5.73 Å². The highest BCUT2D eigenvalue weighted by Crippen LogP contribution is 2.60. The van der Waals surface area contributed by atoms with Crippen LogP contribution in [-0.2, 0) is 5.41 Å². The van der Waals surface area contributed by atoms with E-state index in [2.05, 4.69) is 174 Å². The first kappa shape index (κ1) is 25.1. The van der Waals surface area contributed by atoms with E-state index in [1.165, 1.54) is 88.3 Å². The van der Waals surface area contributed by atoms with E-state index < -0.39 is 0 Å². The monoisotopic (exact) mass is 593 g/mol. The van der Waals surface area contributed by atoms with Crippen LogP contribution in [0.4, 0.5) is 0 Å². The lowest BCUT2D eigenvalue weighted by Crippen LogP contribution is -2.33. The summed E-state index contributed by atoms with van der Waals surface area (Å²) in [6.45, 7) is 0. The normalized spacial score (nSPS) is 14.6. The van der Waals surface area contributed by atoms with Gasteiger partial charge in [0.1, 0.15) is 0 Å². The minimum absolute atomic E-state index is 0.389. The largest absolute Gasteiger partial charge is 0.309 e. The lowest BCUT2D eigenvalue weighted by Gasteiger charge is -2.39. The van der Waals surface area contributed by atoms with Crippen LogP contribution in [-0.4, -0.2) is 4.57 Å². The van der Waals surface area contributed by atoms with Crippen molar-refractivity contribution in [2.75, 3.05) is 0 Å². The third-order valence-electron chi connectivity index (χ3n) is 10.8. The molecular weight excluding hydrogens is 567 g/mol. The molecule has 0 unspecified atom stereocenters. The fourth-order valence-electron chi connectivity index (χ4n) is 8.91. The number of nitrogens with zero attached hydrogens (tertiary/aromatic N) is 1. The predicted molar refractivity (Wildman–Crippen MR) is 196 cm³/mol. The zero-order chi connectivity index (χ0) is 30.7. The van der Waals surface area contributed by atoms with Gasteiger partial charge in [0, 0.05) is 16.3 Å². The van der Waals surface area contributed by atoms with Crippen molar-refractivity contribution in [1.82, 2.24) is 4.57 Å². The summed E-state index contributed by atoms with van der Waals surface area (Å²) in [5.74, 6) is 0. The number of aromatic nitrogens is 1. The van der Waals surface area contributed by atoms with E-state index in [9.17, 15) is 0 Å². The van der Waals surface area contributed by atoms with Gasteiger partial charge in [0.25, 0.3) is 0 Å². The molecule has 2 aliphatic carbocycles. The second kappa shape index (κ2) is 8.98. The summed E-state index contributed by atoms with van der Waals surface area (Å²) >= 11 is 0. The van der Waals surface area contributed by atoms with Crippen molar-refractivity contribution in [2.24, 2.45) is 0 Å². The van der Waals surface area contributed by atoms with E-state index in [0.29, 0.717) is 0 Å². The lowest BCUT2D eigenvalue weighted by molar-refractivity contribution is 0.748. The van der Waals surface area contributed by atoms with Crippen molar-refractivity contribution in [3.8, 4) is 16.8 Å². The van der Waals surface area contributed by atoms with Crippen LogP contribution in [0, 0.1) is 0 Å². The van der Waals surface area contributed by atoms with Gasteiger partial charge < -0.3 is 4.57 Å². The predicted octanol–water partition coefficient (Wildman–Crippen LogP) is 11.3. The van der Waals surface area contributed by atoms with Crippen molar-refractivity contribution in [1.29, 1.82) is 0 Å². The topological polar surface area (TPSA) is 4.93 Å². The Morgan fingerprint density at radius 3 is 2.06 bits per heavy atom. The molecule has 1 aromatic heterocycles. The lowest BCUT2D eigenvalue weighted by atomic mass is 9.65. The fourth-order valence-corrected chi connectivity index (χ4v) is 8.91. The first-order valence-electron chi connectivity index (χ1n) is 16.4. The maximum atomic E-state index is 3.65. The molecule has 8 aromatic rings. The molecule has 11 rings (SSSR count). The molecule has 0 bridgehead atoms. The molecule has 0 fully saturated rings. The zero-order valence-corrected chi connectivity index (χ0v) is 25.5. The van der Waals surface area contributed by atoms with Gasteiger partial charge >= 0.3 is 0 Å². The Hall–Kier alpha value is -6.14. The van der Waals surface area contributed by atoms with Crippen LogP contribution in [0.15, 0.2) is 157 Å². The maximum absolute atomic E-state index is 3.65. The summed E-state index contributed by atoms with van der Waals surface area (Å²) in [6, 6.07) is 54.0. The first-order valence-corrected chi connectivity index (χ1v) is 16.4. The number of rotatable bonds is 1. The minimum Gasteiger partial charge on any atom is -0.309 e. The Labute approximate surface area is 272 Å². The smallest absolute Gasteiger partial charge is 0.0754 e. The van der Waals surface area contributed by atoms with Gasteiger partial charge in [0.2, 0.25) is 0 Å². The third kappa shape index (κ3) is 3.10. The van der Waals surface area contributed by atoms with Crippen molar-refractivity contribution in [2.45, 2.75) is 5.41 Å². The minimum atomic E-state index is -0.389. The average Bonchev–Trinajstić information content (AvgIpc) is 3.51. The quantitative estimate of drug-likeness (QED) is 0.167. The van der Waals surface area contributed by atoms with Crippen LogP contribution >= 0.6 is 0 Å². The summed E-state index contributed by atoms with van der Waals surface area (Å²) in [5, 5.41) is 5.08. The van der Waals surface area contributed by atoms with Crippen molar-refractivity contribution >= 4 is 50.3 Å². The molecule has 0 saturated heterocycles. The van der Waals surface area contributed by atoms with Gasteiger partial charge in [0.15, 0.2) is 0 Å². The van der Waals surface area contributed by atoms with Crippen LogP contribution in [0.2, 0.25) is 0 Å². The fraction of sp³-hybridized carbons (Fsp3) is 0.0217. The van der Waals surface area contributed by atoms with Crippen molar-refractivity contribution < 1.29 is 0 Å². The highest BCUT2D eigenvalue weighted by molar-refractivity contribution is 6.13. The second-order valence-electron chi connectivity index (χ2n) is 13.0.